The van der Waals surface area contributed by atoms with Gasteiger partial charge in [-0.2, -0.15) is 0 Å². The number of nitrogens with one attached hydrogen (secondary N) is 1. The molecule has 1 N–H and O–H groups in total. The maximum Gasteiger partial charge on any atom is 0.206 e. The Hall–Kier alpha value is -3.39. The molecular weight excluding hydrogens is 504 g/mol. The smallest absolute Gasteiger partial charge is 0.206 e. The predicted octanol–water partition coefficient (Wildman–Crippen LogP) is 5.79. The van der Waals surface area contributed by atoms with Crippen molar-refractivity contribution >= 4 is 5.78 Å². The molecule has 2 aliphatic heterocycles. The lowest BCUT2D eigenvalue weighted by Crippen LogP contribution is -2.60. The topological polar surface area (TPSA) is 69.3 Å². The number of rotatable bonds is 9. The van der Waals surface area contributed by atoms with E-state index >= 15 is 0 Å². The summed E-state index contributed by atoms with van der Waals surface area (Å²) in [6.45, 7) is 6.17. The summed E-state index contributed by atoms with van der Waals surface area (Å²) in [6, 6.07) is 24.6. The largest absolute Gasteiger partial charge is 0.497 e. The quantitative estimate of drug-likeness (QED) is 0.342. The van der Waals surface area contributed by atoms with Crippen molar-refractivity contribution in [1.82, 2.24) is 10.2 Å². The summed E-state index contributed by atoms with van der Waals surface area (Å²) in [5.74, 6) is 1.91. The van der Waals surface area contributed by atoms with E-state index in [9.17, 15) is 4.79 Å². The third-order valence-electron chi connectivity index (χ3n) is 7.86. The van der Waals surface area contributed by atoms with Crippen molar-refractivity contribution in [2.75, 3.05) is 27.3 Å². The van der Waals surface area contributed by atoms with Crippen LogP contribution in [0, 0.1) is 0 Å². The van der Waals surface area contributed by atoms with E-state index in [2.05, 4.69) is 52.7 Å². The number of carbonyl (C=O) groups excluding carboxylic acids is 1. The molecule has 1 spiro atoms. The molecule has 3 unspecified atom stereocenters. The molecule has 40 heavy (non-hydrogen) atoms. The summed E-state index contributed by atoms with van der Waals surface area (Å²) in [4.78, 5) is 16.1. The molecule has 0 amide bonds. The summed E-state index contributed by atoms with van der Waals surface area (Å²) in [5.41, 5.74) is 2.66. The Labute approximate surface area is 237 Å². The maximum atomic E-state index is 13.6. The Kier molecular flexibility index (Phi) is 8.74. The van der Waals surface area contributed by atoms with Crippen molar-refractivity contribution in [2.24, 2.45) is 0 Å². The van der Waals surface area contributed by atoms with Crippen molar-refractivity contribution in [2.45, 2.75) is 63.6 Å². The normalized spacial score (nSPS) is 23.2. The van der Waals surface area contributed by atoms with Gasteiger partial charge in [0.25, 0.3) is 0 Å². The Morgan fingerprint density at radius 1 is 1.00 bits per heavy atom. The monoisotopic (exact) mass is 544 g/mol. The fraction of sp³-hybridized carbons (Fsp3) is 0.424. The summed E-state index contributed by atoms with van der Waals surface area (Å²) in [5, 5.41) is 3.32. The van der Waals surface area contributed by atoms with Gasteiger partial charge in [-0.3, -0.25) is 15.0 Å². The molecule has 7 heteroatoms. The van der Waals surface area contributed by atoms with Gasteiger partial charge in [0.1, 0.15) is 5.75 Å². The number of hydrogen-bond acceptors (Lipinski definition) is 7. The van der Waals surface area contributed by atoms with Gasteiger partial charge in [0.2, 0.25) is 5.78 Å². The molecule has 7 nitrogen and oxygen atoms in total. The standard InChI is InChI=1S/C33H40N2O5/c1-23(2)39-29-15-12-26(20-30(29)38-4)31(36)32-34-19-18-33(40-32)17-16-28(25-8-6-5-7-9-25)35(22-33)21-24-10-13-27(37-3)14-11-24/h5-15,20,23,28,32,34H,16-19,21-22H2,1-4H3. The van der Waals surface area contributed by atoms with Gasteiger partial charge in [0.15, 0.2) is 17.7 Å². The zero-order chi connectivity index (χ0) is 28.1. The molecule has 3 aromatic carbocycles. The van der Waals surface area contributed by atoms with Gasteiger partial charge in [-0.15, -0.1) is 0 Å². The predicted molar refractivity (Wildman–Crippen MR) is 155 cm³/mol. The zero-order valence-corrected chi connectivity index (χ0v) is 23.9. The Balaban J connectivity index is 1.36. The Morgan fingerprint density at radius 2 is 1.77 bits per heavy atom. The average molecular weight is 545 g/mol. The lowest BCUT2D eigenvalue weighted by molar-refractivity contribution is -0.158. The molecule has 5 rings (SSSR count). The van der Waals surface area contributed by atoms with E-state index < -0.39 is 11.8 Å². The molecule has 2 saturated heterocycles. The summed E-state index contributed by atoms with van der Waals surface area (Å²) in [6.07, 6.45) is 1.98. The summed E-state index contributed by atoms with van der Waals surface area (Å²) >= 11 is 0. The second-order valence-electron chi connectivity index (χ2n) is 11.0. The maximum absolute atomic E-state index is 13.6. The number of likely N-dealkylation sites (tertiary alicyclic amines) is 1. The van der Waals surface area contributed by atoms with Gasteiger partial charge < -0.3 is 18.9 Å². The number of hydrogen-bond donors (Lipinski definition) is 1. The minimum absolute atomic E-state index is 0.00512. The van der Waals surface area contributed by atoms with Crippen LogP contribution in [0.1, 0.15) is 60.6 Å². The molecule has 3 aromatic rings. The van der Waals surface area contributed by atoms with Crippen LogP contribution in [0.15, 0.2) is 72.8 Å². The second kappa shape index (κ2) is 12.4. The van der Waals surface area contributed by atoms with Crippen molar-refractivity contribution in [3.8, 4) is 17.2 Å². The van der Waals surface area contributed by atoms with E-state index in [4.69, 9.17) is 18.9 Å². The number of Topliss-reactive ketones (excluding diaryl/α,β-unsaturated/α-hetero) is 1. The summed E-state index contributed by atoms with van der Waals surface area (Å²) < 4.78 is 23.4. The molecular formula is C33H40N2O5. The van der Waals surface area contributed by atoms with Crippen molar-refractivity contribution in [3.05, 3.63) is 89.5 Å². The van der Waals surface area contributed by atoms with Crippen LogP contribution in [0.25, 0.3) is 0 Å². The van der Waals surface area contributed by atoms with Crippen LogP contribution in [0.3, 0.4) is 0 Å². The van der Waals surface area contributed by atoms with E-state index in [-0.39, 0.29) is 17.9 Å². The first-order valence-corrected chi connectivity index (χ1v) is 14.1. The van der Waals surface area contributed by atoms with E-state index in [1.165, 1.54) is 11.1 Å². The molecule has 0 bridgehead atoms. The fourth-order valence-electron chi connectivity index (χ4n) is 5.88. The lowest BCUT2D eigenvalue weighted by Gasteiger charge is -2.50. The zero-order valence-electron chi connectivity index (χ0n) is 23.9. The van der Waals surface area contributed by atoms with E-state index in [1.54, 1.807) is 32.4 Å². The molecule has 0 aliphatic carbocycles. The SMILES string of the molecule is COc1ccc(CN2CC3(CCNC(C(=O)c4ccc(OC(C)C)c(OC)c4)O3)CCC2c2ccccc2)cc1. The molecule has 2 aliphatic rings. The van der Waals surface area contributed by atoms with E-state index in [0.29, 0.717) is 23.6 Å². The van der Waals surface area contributed by atoms with Crippen LogP contribution >= 0.6 is 0 Å². The van der Waals surface area contributed by atoms with Crippen LogP contribution in [0.5, 0.6) is 17.2 Å². The van der Waals surface area contributed by atoms with Crippen LogP contribution in [0.2, 0.25) is 0 Å². The molecule has 3 atom stereocenters. The van der Waals surface area contributed by atoms with E-state index in [0.717, 1.165) is 38.1 Å². The molecule has 2 heterocycles. The summed E-state index contributed by atoms with van der Waals surface area (Å²) in [7, 11) is 3.27. The molecule has 2 fully saturated rings. The van der Waals surface area contributed by atoms with Gasteiger partial charge in [0, 0.05) is 31.2 Å². The number of nitrogens with zero attached hydrogens (tertiary/aromatic N) is 1. The highest BCUT2D eigenvalue weighted by atomic mass is 16.5. The van der Waals surface area contributed by atoms with Gasteiger partial charge in [-0.05, 0) is 74.6 Å². The number of methoxy groups -OCH3 is 2. The first-order chi connectivity index (χ1) is 19.4. The molecule has 0 saturated carbocycles. The van der Waals surface area contributed by atoms with E-state index in [1.807, 2.05) is 26.0 Å². The minimum Gasteiger partial charge on any atom is -0.497 e. The molecule has 212 valence electrons. The van der Waals surface area contributed by atoms with Gasteiger partial charge in [-0.1, -0.05) is 42.5 Å². The van der Waals surface area contributed by atoms with Crippen LogP contribution in [0.4, 0.5) is 0 Å². The minimum atomic E-state index is -0.716. The number of ketones is 1. The van der Waals surface area contributed by atoms with Crippen molar-refractivity contribution in [1.29, 1.82) is 0 Å². The van der Waals surface area contributed by atoms with Gasteiger partial charge in [-0.25, -0.2) is 0 Å². The highest BCUT2D eigenvalue weighted by Gasteiger charge is 2.45. The highest BCUT2D eigenvalue weighted by Crippen LogP contribution is 2.41. The number of carbonyl (C=O) groups is 1. The molecule has 0 radical (unpaired) electrons. The number of piperidine rings is 1. The third-order valence-corrected chi connectivity index (χ3v) is 7.86. The third kappa shape index (κ3) is 6.33. The number of ether oxygens (including phenoxy) is 4. The van der Waals surface area contributed by atoms with Gasteiger partial charge in [0.05, 0.1) is 25.9 Å². The number of benzene rings is 3. The van der Waals surface area contributed by atoms with Crippen molar-refractivity contribution in [3.63, 3.8) is 0 Å². The second-order valence-corrected chi connectivity index (χ2v) is 11.0. The Bertz CT molecular complexity index is 1280. The van der Waals surface area contributed by atoms with Crippen LogP contribution in [-0.4, -0.2) is 55.9 Å². The van der Waals surface area contributed by atoms with Crippen molar-refractivity contribution < 1.29 is 23.7 Å². The first kappa shape index (κ1) is 28.1. The average Bonchev–Trinajstić information content (AvgIpc) is 2.98. The fourth-order valence-corrected chi connectivity index (χ4v) is 5.88. The van der Waals surface area contributed by atoms with Crippen LogP contribution in [-0.2, 0) is 11.3 Å². The van der Waals surface area contributed by atoms with Crippen LogP contribution < -0.4 is 19.5 Å². The first-order valence-electron chi connectivity index (χ1n) is 14.1. The highest BCUT2D eigenvalue weighted by molar-refractivity contribution is 5.99. The Morgan fingerprint density at radius 3 is 2.48 bits per heavy atom. The molecule has 0 aromatic heterocycles. The lowest BCUT2D eigenvalue weighted by atomic mass is 9.82. The van der Waals surface area contributed by atoms with Gasteiger partial charge >= 0.3 is 0 Å².